The molecule has 3 aliphatic heterocycles. The van der Waals surface area contributed by atoms with Crippen LogP contribution >= 0.6 is 11.8 Å². The number of nitrogens with zero attached hydrogens (tertiary/aromatic N) is 3. The van der Waals surface area contributed by atoms with Crippen LogP contribution in [0.5, 0.6) is 0 Å². The Morgan fingerprint density at radius 2 is 2.30 bits per heavy atom. The molecule has 0 fully saturated rings. The zero-order chi connectivity index (χ0) is 18.8. The van der Waals surface area contributed by atoms with E-state index in [0.29, 0.717) is 13.3 Å². The molecule has 1 atom stereocenters. The van der Waals surface area contributed by atoms with Crippen LogP contribution in [0.2, 0.25) is 0 Å². The Hall–Kier alpha value is -1.80. The minimum absolute atomic E-state index is 0.211. The van der Waals surface area contributed by atoms with Crippen LogP contribution in [-0.2, 0) is 11.3 Å². The Morgan fingerprint density at radius 3 is 3.11 bits per heavy atom. The smallest absolute Gasteiger partial charge is 0.142 e. The van der Waals surface area contributed by atoms with Crippen molar-refractivity contribution in [1.29, 1.82) is 0 Å². The van der Waals surface area contributed by atoms with Gasteiger partial charge in [-0.1, -0.05) is 23.9 Å². The fraction of sp³-hybridized carbons (Fsp3) is 0.450. The van der Waals surface area contributed by atoms with Crippen LogP contribution in [0.15, 0.2) is 50.6 Å². The number of aliphatic imine (C=N–C) groups is 1. The molecular formula is C20H27N5OS. The van der Waals surface area contributed by atoms with Gasteiger partial charge < -0.3 is 20.7 Å². The summed E-state index contributed by atoms with van der Waals surface area (Å²) in [5.41, 5.74) is 9.66. The second-order valence-corrected chi connectivity index (χ2v) is 8.21. The predicted octanol–water partition coefficient (Wildman–Crippen LogP) is 2.48. The summed E-state index contributed by atoms with van der Waals surface area (Å²) in [6.45, 7) is 6.24. The van der Waals surface area contributed by atoms with Crippen molar-refractivity contribution in [3.05, 3.63) is 46.3 Å². The van der Waals surface area contributed by atoms with Gasteiger partial charge in [0, 0.05) is 44.4 Å². The number of hydrogen-bond acceptors (Lipinski definition) is 7. The molecule has 3 aliphatic rings. The molecule has 144 valence electrons. The third kappa shape index (κ3) is 3.91. The number of fused-ring (bicyclic) bond motifs is 1. The number of rotatable bonds is 5. The second kappa shape index (κ2) is 8.06. The van der Waals surface area contributed by atoms with Crippen molar-refractivity contribution in [3.63, 3.8) is 0 Å². The molecule has 27 heavy (non-hydrogen) atoms. The summed E-state index contributed by atoms with van der Waals surface area (Å²) < 4.78 is 5.50. The van der Waals surface area contributed by atoms with Gasteiger partial charge in [0.25, 0.3) is 0 Å². The number of benzene rings is 1. The van der Waals surface area contributed by atoms with E-state index in [2.05, 4.69) is 51.3 Å². The number of nitrogens with one attached hydrogen (secondary N) is 1. The first kappa shape index (κ1) is 18.6. The first-order chi connectivity index (χ1) is 13.2. The third-order valence-corrected chi connectivity index (χ3v) is 6.06. The minimum Gasteiger partial charge on any atom is -0.364 e. The molecule has 0 aliphatic carbocycles. The molecule has 0 aromatic heterocycles. The average Bonchev–Trinajstić information content (AvgIpc) is 2.69. The summed E-state index contributed by atoms with van der Waals surface area (Å²) in [5.74, 6) is 1.04. The molecule has 0 saturated carbocycles. The monoisotopic (exact) mass is 385 g/mol. The molecule has 3 heterocycles. The second-order valence-electron chi connectivity index (χ2n) is 7.18. The van der Waals surface area contributed by atoms with Crippen LogP contribution in [0, 0.1) is 0 Å². The molecule has 1 aromatic rings. The fourth-order valence-electron chi connectivity index (χ4n) is 3.69. The van der Waals surface area contributed by atoms with Crippen LogP contribution in [-0.4, -0.2) is 50.6 Å². The lowest BCUT2D eigenvalue weighted by Gasteiger charge is -2.36. The van der Waals surface area contributed by atoms with Gasteiger partial charge in [0.15, 0.2) is 0 Å². The van der Waals surface area contributed by atoms with Gasteiger partial charge in [-0.3, -0.25) is 4.90 Å². The summed E-state index contributed by atoms with van der Waals surface area (Å²) in [7, 11) is 1.73. The van der Waals surface area contributed by atoms with Crippen LogP contribution in [0.1, 0.15) is 18.9 Å². The number of methoxy groups -OCH3 is 1. The Kier molecular flexibility index (Phi) is 5.54. The lowest BCUT2D eigenvalue weighted by Crippen LogP contribution is -2.42. The summed E-state index contributed by atoms with van der Waals surface area (Å²) in [5, 5.41) is 4.53. The summed E-state index contributed by atoms with van der Waals surface area (Å²) in [6, 6.07) is 6.93. The predicted molar refractivity (Wildman–Crippen MR) is 112 cm³/mol. The number of ether oxygens (including phenoxy) is 1. The lowest BCUT2D eigenvalue weighted by atomic mass is 10.1. The van der Waals surface area contributed by atoms with Gasteiger partial charge in [0.2, 0.25) is 0 Å². The molecule has 1 aromatic carbocycles. The minimum atomic E-state index is 0.211. The van der Waals surface area contributed by atoms with Crippen molar-refractivity contribution in [1.82, 2.24) is 10.2 Å². The fourth-order valence-corrected chi connectivity index (χ4v) is 4.69. The first-order valence-electron chi connectivity index (χ1n) is 9.40. The van der Waals surface area contributed by atoms with E-state index >= 15 is 0 Å². The van der Waals surface area contributed by atoms with Gasteiger partial charge in [-0.2, -0.15) is 0 Å². The molecule has 7 heteroatoms. The van der Waals surface area contributed by atoms with Gasteiger partial charge in [-0.15, -0.1) is 0 Å². The highest BCUT2D eigenvalue weighted by Gasteiger charge is 2.29. The van der Waals surface area contributed by atoms with Gasteiger partial charge in [-0.25, -0.2) is 4.99 Å². The molecular weight excluding hydrogens is 358 g/mol. The normalized spacial score (nSPS) is 22.3. The molecule has 0 radical (unpaired) electrons. The van der Waals surface area contributed by atoms with Crippen molar-refractivity contribution < 1.29 is 4.74 Å². The van der Waals surface area contributed by atoms with Crippen LogP contribution in [0.4, 0.5) is 5.69 Å². The highest BCUT2D eigenvalue weighted by molar-refractivity contribution is 8.03. The number of nitrogens with two attached hydrogens (primary N) is 1. The largest absolute Gasteiger partial charge is 0.364 e. The molecule has 0 amide bonds. The maximum atomic E-state index is 5.83. The van der Waals surface area contributed by atoms with Crippen molar-refractivity contribution in [3.8, 4) is 0 Å². The maximum absolute atomic E-state index is 5.83. The molecule has 6 nitrogen and oxygen atoms in total. The molecule has 0 bridgehead atoms. The number of anilines is 1. The Bertz CT molecular complexity index is 804. The van der Waals surface area contributed by atoms with E-state index in [4.69, 9.17) is 10.5 Å². The number of hydrogen-bond donors (Lipinski definition) is 2. The zero-order valence-electron chi connectivity index (χ0n) is 15.9. The first-order valence-corrected chi connectivity index (χ1v) is 10.2. The molecule has 4 rings (SSSR count). The maximum Gasteiger partial charge on any atom is 0.142 e. The molecule has 0 spiro atoms. The quantitative estimate of drug-likeness (QED) is 0.759. The Morgan fingerprint density at radius 1 is 1.41 bits per heavy atom. The standard InChI is InChI=1S/C20H27N5OS/c1-14-10-22-20-19(23-14)25(13-26-2)17-8-15(5-6-18(17)27-20)11-24-7-3-4-16(9-21)12-24/h4-6,8,10,14,23H,3,7,9,11-13,21H2,1-2H3. The highest BCUT2D eigenvalue weighted by atomic mass is 32.2. The van der Waals surface area contributed by atoms with Crippen LogP contribution in [0.3, 0.4) is 0 Å². The summed E-state index contributed by atoms with van der Waals surface area (Å²) in [4.78, 5) is 10.5. The number of thioether (sulfide) groups is 1. The van der Waals surface area contributed by atoms with Gasteiger partial charge in [-0.05, 0) is 36.6 Å². The lowest BCUT2D eigenvalue weighted by molar-refractivity contribution is 0.200. The van der Waals surface area contributed by atoms with Crippen LogP contribution < -0.4 is 16.0 Å². The molecule has 0 saturated heterocycles. The Labute approximate surface area is 165 Å². The highest BCUT2D eigenvalue weighted by Crippen LogP contribution is 2.44. The van der Waals surface area contributed by atoms with Gasteiger partial charge in [0.05, 0.1) is 11.7 Å². The van der Waals surface area contributed by atoms with E-state index in [-0.39, 0.29) is 6.04 Å². The molecule has 3 N–H and O–H groups in total. The van der Waals surface area contributed by atoms with Gasteiger partial charge in [0.1, 0.15) is 17.6 Å². The van der Waals surface area contributed by atoms with Crippen LogP contribution in [0.25, 0.3) is 0 Å². The molecule has 1 unspecified atom stereocenters. The Balaban J connectivity index is 1.59. The van der Waals surface area contributed by atoms with Gasteiger partial charge >= 0.3 is 0 Å². The van der Waals surface area contributed by atoms with Crippen molar-refractivity contribution in [2.75, 3.05) is 38.4 Å². The van der Waals surface area contributed by atoms with E-state index in [1.54, 1.807) is 18.9 Å². The SMILES string of the molecule is COCN1C2=C(N=CC(C)N2)Sc2ccc(CN3CCC=C(CN)C3)cc21. The average molecular weight is 386 g/mol. The summed E-state index contributed by atoms with van der Waals surface area (Å²) in [6.07, 6.45) is 5.32. The van der Waals surface area contributed by atoms with E-state index in [0.717, 1.165) is 36.9 Å². The van der Waals surface area contributed by atoms with Crippen molar-refractivity contribution >= 4 is 23.7 Å². The van der Waals surface area contributed by atoms with E-state index in [1.807, 2.05) is 6.21 Å². The van der Waals surface area contributed by atoms with Crippen molar-refractivity contribution in [2.45, 2.75) is 30.8 Å². The van der Waals surface area contributed by atoms with E-state index in [1.165, 1.54) is 21.7 Å². The van der Waals surface area contributed by atoms with Crippen molar-refractivity contribution in [2.24, 2.45) is 10.7 Å². The third-order valence-electron chi connectivity index (χ3n) is 5.00. The van der Waals surface area contributed by atoms with E-state index in [9.17, 15) is 0 Å². The summed E-state index contributed by atoms with van der Waals surface area (Å²) >= 11 is 1.71. The van der Waals surface area contributed by atoms with E-state index < -0.39 is 0 Å². The topological polar surface area (TPSA) is 66.1 Å². The zero-order valence-corrected chi connectivity index (χ0v) is 16.8.